The summed E-state index contributed by atoms with van der Waals surface area (Å²) < 4.78 is 0. The lowest BCUT2D eigenvalue weighted by Crippen LogP contribution is -2.38. The van der Waals surface area contributed by atoms with Crippen LogP contribution in [0.3, 0.4) is 0 Å². The van der Waals surface area contributed by atoms with Gasteiger partial charge in [0.05, 0.1) is 0 Å². The average molecular weight is 290 g/mol. The molecule has 1 heterocycles. The molecule has 0 saturated carbocycles. The fourth-order valence-electron chi connectivity index (χ4n) is 3.11. The van der Waals surface area contributed by atoms with E-state index in [9.17, 15) is 0 Å². The smallest absolute Gasteiger partial charge is 0.106 e. The second-order valence-corrected chi connectivity index (χ2v) is 7.45. The van der Waals surface area contributed by atoms with Gasteiger partial charge in [0.25, 0.3) is 0 Å². The number of rotatable bonds is 2. The molecule has 2 N–H and O–H groups in total. The molecule has 0 aliphatic carbocycles. The summed E-state index contributed by atoms with van der Waals surface area (Å²) in [6, 6.07) is 6.42. The number of nitrogens with zero attached hydrogens (tertiary/aromatic N) is 1. The van der Waals surface area contributed by atoms with Gasteiger partial charge in [-0.05, 0) is 43.2 Å². The van der Waals surface area contributed by atoms with Gasteiger partial charge in [-0.3, -0.25) is 0 Å². The van der Waals surface area contributed by atoms with Crippen LogP contribution in [0.1, 0.15) is 44.7 Å². The minimum absolute atomic E-state index is 0.408. The third-order valence-corrected chi connectivity index (χ3v) is 4.70. The Morgan fingerprint density at radius 3 is 2.35 bits per heavy atom. The maximum atomic E-state index is 5.89. The standard InChI is InChI=1S/C17H26N2S/c1-12-5-6-15(14(11-12)16(18)20)19-9-7-13(8-10-19)17(2,3)4/h5-6,11,13H,7-10H2,1-4H3,(H2,18,20). The molecule has 110 valence electrons. The maximum Gasteiger partial charge on any atom is 0.106 e. The van der Waals surface area contributed by atoms with E-state index in [1.54, 1.807) is 0 Å². The van der Waals surface area contributed by atoms with Gasteiger partial charge in [-0.15, -0.1) is 0 Å². The molecule has 1 aliphatic rings. The molecule has 1 fully saturated rings. The summed E-state index contributed by atoms with van der Waals surface area (Å²) in [6.07, 6.45) is 2.49. The van der Waals surface area contributed by atoms with Crippen LogP contribution in [0.5, 0.6) is 0 Å². The van der Waals surface area contributed by atoms with Crippen molar-refractivity contribution in [2.24, 2.45) is 17.1 Å². The Bertz CT molecular complexity index is 494. The van der Waals surface area contributed by atoms with Gasteiger partial charge in [-0.2, -0.15) is 0 Å². The van der Waals surface area contributed by atoms with Crippen molar-refractivity contribution in [2.45, 2.75) is 40.5 Å². The van der Waals surface area contributed by atoms with Gasteiger partial charge >= 0.3 is 0 Å². The summed E-state index contributed by atoms with van der Waals surface area (Å²) in [5, 5.41) is 0. The minimum atomic E-state index is 0.408. The molecule has 1 aromatic rings. The molecule has 1 saturated heterocycles. The van der Waals surface area contributed by atoms with Crippen LogP contribution in [-0.4, -0.2) is 18.1 Å². The Balaban J connectivity index is 2.17. The fourth-order valence-corrected chi connectivity index (χ4v) is 3.27. The molecule has 0 unspecified atom stereocenters. The summed E-state index contributed by atoms with van der Waals surface area (Å²) in [7, 11) is 0. The number of anilines is 1. The van der Waals surface area contributed by atoms with Gasteiger partial charge < -0.3 is 10.6 Å². The minimum Gasteiger partial charge on any atom is -0.389 e. The number of thiocarbonyl (C=S) groups is 1. The average Bonchev–Trinajstić information content (AvgIpc) is 2.37. The van der Waals surface area contributed by atoms with E-state index in [0.717, 1.165) is 24.6 Å². The Morgan fingerprint density at radius 1 is 1.25 bits per heavy atom. The molecular formula is C17H26N2S. The normalized spacial score (nSPS) is 17.3. The van der Waals surface area contributed by atoms with Crippen LogP contribution in [0.25, 0.3) is 0 Å². The first-order chi connectivity index (χ1) is 9.29. The lowest BCUT2D eigenvalue weighted by atomic mass is 9.75. The van der Waals surface area contributed by atoms with E-state index < -0.39 is 0 Å². The van der Waals surface area contributed by atoms with Gasteiger partial charge in [0.2, 0.25) is 0 Å². The van der Waals surface area contributed by atoms with E-state index >= 15 is 0 Å². The van der Waals surface area contributed by atoms with Gasteiger partial charge in [-0.1, -0.05) is 44.6 Å². The Hall–Kier alpha value is -1.09. The lowest BCUT2D eigenvalue weighted by Gasteiger charge is -2.40. The molecule has 0 atom stereocenters. The highest BCUT2D eigenvalue weighted by molar-refractivity contribution is 7.80. The number of nitrogens with two attached hydrogens (primary N) is 1. The molecule has 0 radical (unpaired) electrons. The Morgan fingerprint density at radius 2 is 1.85 bits per heavy atom. The molecule has 0 spiro atoms. The molecule has 2 rings (SSSR count). The van der Waals surface area contributed by atoms with Crippen LogP contribution in [0.2, 0.25) is 0 Å². The third-order valence-electron chi connectivity index (χ3n) is 4.48. The highest BCUT2D eigenvalue weighted by atomic mass is 32.1. The van der Waals surface area contributed by atoms with Crippen molar-refractivity contribution in [1.29, 1.82) is 0 Å². The number of piperidine rings is 1. The van der Waals surface area contributed by atoms with Gasteiger partial charge in [0.1, 0.15) is 4.99 Å². The van der Waals surface area contributed by atoms with Crippen molar-refractivity contribution in [3.8, 4) is 0 Å². The van der Waals surface area contributed by atoms with E-state index in [1.807, 2.05) is 0 Å². The molecule has 0 aromatic heterocycles. The van der Waals surface area contributed by atoms with Crippen molar-refractivity contribution in [2.75, 3.05) is 18.0 Å². The van der Waals surface area contributed by atoms with Crippen LogP contribution >= 0.6 is 12.2 Å². The second-order valence-electron chi connectivity index (χ2n) is 7.01. The quantitative estimate of drug-likeness (QED) is 0.838. The molecular weight excluding hydrogens is 264 g/mol. The summed E-state index contributed by atoms with van der Waals surface area (Å²) in [5.41, 5.74) is 9.74. The van der Waals surface area contributed by atoms with Crippen molar-refractivity contribution in [3.05, 3.63) is 29.3 Å². The molecule has 3 heteroatoms. The van der Waals surface area contributed by atoms with E-state index in [1.165, 1.54) is 24.1 Å². The van der Waals surface area contributed by atoms with Crippen LogP contribution in [-0.2, 0) is 0 Å². The summed E-state index contributed by atoms with van der Waals surface area (Å²) in [5.74, 6) is 0.803. The van der Waals surface area contributed by atoms with E-state index in [0.29, 0.717) is 10.4 Å². The number of benzene rings is 1. The topological polar surface area (TPSA) is 29.3 Å². The van der Waals surface area contributed by atoms with Crippen LogP contribution in [0, 0.1) is 18.3 Å². The predicted molar refractivity (Wildman–Crippen MR) is 91.5 cm³/mol. The number of aryl methyl sites for hydroxylation is 1. The van der Waals surface area contributed by atoms with E-state index in [-0.39, 0.29) is 0 Å². The summed E-state index contributed by atoms with van der Waals surface area (Å²) in [6.45, 7) is 11.3. The molecule has 2 nitrogen and oxygen atoms in total. The second kappa shape index (κ2) is 5.72. The van der Waals surface area contributed by atoms with Gasteiger partial charge in [-0.25, -0.2) is 0 Å². The molecule has 0 amide bonds. The first kappa shape index (κ1) is 15.3. The Labute approximate surface area is 128 Å². The largest absolute Gasteiger partial charge is 0.389 e. The van der Waals surface area contributed by atoms with Crippen molar-refractivity contribution in [1.82, 2.24) is 0 Å². The maximum absolute atomic E-state index is 5.89. The highest BCUT2D eigenvalue weighted by Crippen LogP contribution is 2.36. The molecule has 0 bridgehead atoms. The SMILES string of the molecule is Cc1ccc(N2CCC(C(C)(C)C)CC2)c(C(N)=S)c1. The monoisotopic (exact) mass is 290 g/mol. The van der Waals surface area contributed by atoms with Crippen LogP contribution < -0.4 is 10.6 Å². The highest BCUT2D eigenvalue weighted by Gasteiger charge is 2.29. The number of hydrogen-bond donors (Lipinski definition) is 1. The predicted octanol–water partition coefficient (Wildman–Crippen LogP) is 3.89. The zero-order chi connectivity index (χ0) is 14.9. The zero-order valence-electron chi connectivity index (χ0n) is 13.1. The van der Waals surface area contributed by atoms with Crippen LogP contribution in [0.15, 0.2) is 18.2 Å². The Kier molecular flexibility index (Phi) is 4.38. The van der Waals surface area contributed by atoms with Crippen molar-refractivity contribution < 1.29 is 0 Å². The summed E-state index contributed by atoms with van der Waals surface area (Å²) >= 11 is 5.21. The molecule has 1 aliphatic heterocycles. The first-order valence-corrected chi connectivity index (χ1v) is 7.85. The van der Waals surface area contributed by atoms with Gasteiger partial charge in [0, 0.05) is 24.3 Å². The van der Waals surface area contributed by atoms with Crippen molar-refractivity contribution >= 4 is 22.9 Å². The lowest BCUT2D eigenvalue weighted by molar-refractivity contribution is 0.199. The van der Waals surface area contributed by atoms with E-state index in [4.69, 9.17) is 18.0 Å². The number of hydrogen-bond acceptors (Lipinski definition) is 2. The van der Waals surface area contributed by atoms with Gasteiger partial charge in [0.15, 0.2) is 0 Å². The molecule has 20 heavy (non-hydrogen) atoms. The molecule has 1 aromatic carbocycles. The van der Waals surface area contributed by atoms with Crippen LogP contribution in [0.4, 0.5) is 5.69 Å². The zero-order valence-corrected chi connectivity index (χ0v) is 13.9. The fraction of sp³-hybridized carbons (Fsp3) is 0.588. The van der Waals surface area contributed by atoms with Crippen molar-refractivity contribution in [3.63, 3.8) is 0 Å². The van der Waals surface area contributed by atoms with E-state index in [2.05, 4.69) is 50.8 Å². The first-order valence-electron chi connectivity index (χ1n) is 7.44. The summed E-state index contributed by atoms with van der Waals surface area (Å²) in [4.78, 5) is 2.94. The third kappa shape index (κ3) is 3.32.